The number of unbranched alkanes of at least 4 members (excludes halogenated alkanes) is 14. The number of hydrogen-bond donors (Lipinski definition) is 0. The van der Waals surface area contributed by atoms with Crippen LogP contribution in [0.5, 0.6) is 0 Å². The van der Waals surface area contributed by atoms with Crippen LogP contribution < -0.4 is 0 Å². The lowest BCUT2D eigenvalue weighted by atomic mass is 9.97. The van der Waals surface area contributed by atoms with Crippen molar-refractivity contribution in [2.45, 2.75) is 193 Å². The van der Waals surface area contributed by atoms with E-state index in [1.807, 2.05) is 0 Å². The van der Waals surface area contributed by atoms with Gasteiger partial charge in [-0.1, -0.05) is 149 Å². The molecule has 4 heteroatoms. The Balaban J connectivity index is 2.35. The van der Waals surface area contributed by atoms with Crippen molar-refractivity contribution in [2.75, 3.05) is 13.2 Å². The van der Waals surface area contributed by atoms with Gasteiger partial charge in [0.2, 0.25) is 5.79 Å². The average Bonchev–Trinajstić information content (AvgIpc) is 2.88. The van der Waals surface area contributed by atoms with E-state index in [4.69, 9.17) is 19.6 Å². The molecule has 1 saturated carbocycles. The molecule has 0 spiro atoms. The van der Waals surface area contributed by atoms with Gasteiger partial charge in [-0.2, -0.15) is 9.78 Å². The largest absolute Gasteiger partial charge is 0.234 e. The van der Waals surface area contributed by atoms with Gasteiger partial charge in [0, 0.05) is 12.8 Å². The quantitative estimate of drug-likeness (QED) is 0.0625. The molecule has 0 aromatic heterocycles. The molecule has 0 aromatic rings. The van der Waals surface area contributed by atoms with Crippen LogP contribution in [0, 0.1) is 0 Å². The standard InChI is InChI=1S/C32H64O4/c1-3-5-7-9-11-18-22-26-30-33-35-32(28-24-20-16-14-13-15-17-21-25-29-32)36-34-31-27-23-19-12-10-8-6-4-2/h3-31H2,1-2H3. The summed E-state index contributed by atoms with van der Waals surface area (Å²) in [4.78, 5) is 23.7. The molecule has 0 bridgehead atoms. The van der Waals surface area contributed by atoms with Crippen LogP contribution in [0.1, 0.15) is 187 Å². The van der Waals surface area contributed by atoms with Crippen LogP contribution in [0.2, 0.25) is 0 Å². The van der Waals surface area contributed by atoms with Gasteiger partial charge in [-0.15, -0.1) is 0 Å². The van der Waals surface area contributed by atoms with Crippen LogP contribution in [0.15, 0.2) is 0 Å². The van der Waals surface area contributed by atoms with Crippen molar-refractivity contribution in [1.82, 2.24) is 0 Å². The first-order valence-electron chi connectivity index (χ1n) is 16.4. The summed E-state index contributed by atoms with van der Waals surface area (Å²) in [6, 6.07) is 0. The summed E-state index contributed by atoms with van der Waals surface area (Å²) in [6.07, 6.45) is 33.9. The van der Waals surface area contributed by atoms with E-state index in [0.29, 0.717) is 13.2 Å². The van der Waals surface area contributed by atoms with Gasteiger partial charge in [0.1, 0.15) is 0 Å². The fraction of sp³-hybridized carbons (Fsp3) is 1.00. The molecule has 0 aromatic carbocycles. The van der Waals surface area contributed by atoms with Crippen LogP contribution >= 0.6 is 0 Å². The third-order valence-electron chi connectivity index (χ3n) is 7.70. The van der Waals surface area contributed by atoms with Gasteiger partial charge in [-0.05, 0) is 25.7 Å². The minimum Gasteiger partial charge on any atom is -0.234 e. The molecular weight excluding hydrogens is 448 g/mol. The molecule has 36 heavy (non-hydrogen) atoms. The highest BCUT2D eigenvalue weighted by atomic mass is 17.3. The minimum absolute atomic E-state index is 0.651. The van der Waals surface area contributed by atoms with Crippen molar-refractivity contribution >= 4 is 0 Å². The summed E-state index contributed by atoms with van der Waals surface area (Å²) in [6.45, 7) is 5.85. The normalized spacial score (nSPS) is 17.5. The lowest BCUT2D eigenvalue weighted by molar-refractivity contribution is -0.515. The van der Waals surface area contributed by atoms with Crippen LogP contribution in [-0.2, 0) is 19.6 Å². The van der Waals surface area contributed by atoms with Gasteiger partial charge >= 0.3 is 0 Å². The first-order valence-corrected chi connectivity index (χ1v) is 16.4. The summed E-state index contributed by atoms with van der Waals surface area (Å²) in [7, 11) is 0. The summed E-state index contributed by atoms with van der Waals surface area (Å²) in [5.41, 5.74) is 0. The molecule has 0 saturated heterocycles. The molecule has 1 aliphatic rings. The molecule has 216 valence electrons. The van der Waals surface area contributed by atoms with Crippen molar-refractivity contribution < 1.29 is 19.6 Å². The molecule has 0 amide bonds. The molecule has 0 radical (unpaired) electrons. The molecule has 0 aliphatic heterocycles. The SMILES string of the molecule is CCCCCCCCCCOOC1(OOCCCCCCCCCC)CCCCCCCCCCC1. The maximum absolute atomic E-state index is 6.07. The Morgan fingerprint density at radius 1 is 0.389 bits per heavy atom. The zero-order chi connectivity index (χ0) is 25.8. The number of hydrogen-bond acceptors (Lipinski definition) is 4. The smallest absolute Gasteiger partial charge is 0.233 e. The highest BCUT2D eigenvalue weighted by Crippen LogP contribution is 2.30. The van der Waals surface area contributed by atoms with Gasteiger partial charge in [0.15, 0.2) is 0 Å². The molecule has 0 heterocycles. The van der Waals surface area contributed by atoms with E-state index in [0.717, 1.165) is 38.5 Å². The summed E-state index contributed by atoms with van der Waals surface area (Å²) in [5, 5.41) is 0. The fourth-order valence-corrected chi connectivity index (χ4v) is 5.22. The topological polar surface area (TPSA) is 36.9 Å². The van der Waals surface area contributed by atoms with Gasteiger partial charge in [-0.3, -0.25) is 0 Å². The van der Waals surface area contributed by atoms with Gasteiger partial charge in [-0.25, -0.2) is 9.78 Å². The third kappa shape index (κ3) is 20.8. The van der Waals surface area contributed by atoms with Crippen LogP contribution in [0.25, 0.3) is 0 Å². The average molecular weight is 513 g/mol. The second-order valence-electron chi connectivity index (χ2n) is 11.4. The molecule has 1 aliphatic carbocycles. The summed E-state index contributed by atoms with van der Waals surface area (Å²) < 4.78 is 0. The van der Waals surface area contributed by atoms with Crippen molar-refractivity contribution in [3.63, 3.8) is 0 Å². The van der Waals surface area contributed by atoms with E-state index in [1.54, 1.807) is 0 Å². The van der Waals surface area contributed by atoms with E-state index in [1.165, 1.54) is 135 Å². The Morgan fingerprint density at radius 2 is 0.694 bits per heavy atom. The first kappa shape index (κ1) is 33.9. The second-order valence-corrected chi connectivity index (χ2v) is 11.4. The predicted molar refractivity (Wildman–Crippen MR) is 153 cm³/mol. The lowest BCUT2D eigenvalue weighted by Crippen LogP contribution is -2.37. The van der Waals surface area contributed by atoms with Crippen LogP contribution in [-0.4, -0.2) is 19.0 Å². The summed E-state index contributed by atoms with van der Waals surface area (Å²) >= 11 is 0. The maximum Gasteiger partial charge on any atom is 0.233 e. The Bertz CT molecular complexity index is 390. The molecule has 0 unspecified atom stereocenters. The van der Waals surface area contributed by atoms with Crippen molar-refractivity contribution in [1.29, 1.82) is 0 Å². The first-order chi connectivity index (χ1) is 17.8. The highest BCUT2D eigenvalue weighted by molar-refractivity contribution is 4.69. The zero-order valence-electron chi connectivity index (χ0n) is 24.6. The Labute approximate surface area is 225 Å². The molecule has 1 rings (SSSR count). The molecule has 0 atom stereocenters. The molecule has 1 fully saturated rings. The van der Waals surface area contributed by atoms with Crippen LogP contribution in [0.3, 0.4) is 0 Å². The highest BCUT2D eigenvalue weighted by Gasteiger charge is 2.35. The predicted octanol–water partition coefficient (Wildman–Crippen LogP) is 11.2. The fourth-order valence-electron chi connectivity index (χ4n) is 5.22. The van der Waals surface area contributed by atoms with E-state index >= 15 is 0 Å². The Kier molecular flexibility index (Phi) is 24.9. The molecule has 0 N–H and O–H groups in total. The molecule has 4 nitrogen and oxygen atoms in total. The molecular formula is C32H64O4. The Hall–Kier alpha value is -0.160. The zero-order valence-corrected chi connectivity index (χ0v) is 24.6. The van der Waals surface area contributed by atoms with E-state index in [2.05, 4.69) is 13.8 Å². The van der Waals surface area contributed by atoms with Crippen LogP contribution in [0.4, 0.5) is 0 Å². The lowest BCUT2D eigenvalue weighted by Gasteiger charge is -2.31. The van der Waals surface area contributed by atoms with E-state index < -0.39 is 5.79 Å². The monoisotopic (exact) mass is 512 g/mol. The second kappa shape index (κ2) is 26.4. The van der Waals surface area contributed by atoms with Crippen molar-refractivity contribution in [3.05, 3.63) is 0 Å². The van der Waals surface area contributed by atoms with Gasteiger partial charge < -0.3 is 0 Å². The van der Waals surface area contributed by atoms with Crippen molar-refractivity contribution in [3.8, 4) is 0 Å². The maximum atomic E-state index is 6.07. The third-order valence-corrected chi connectivity index (χ3v) is 7.70. The minimum atomic E-state index is -0.737. The van der Waals surface area contributed by atoms with E-state index in [-0.39, 0.29) is 0 Å². The van der Waals surface area contributed by atoms with E-state index in [9.17, 15) is 0 Å². The Morgan fingerprint density at radius 3 is 1.06 bits per heavy atom. The van der Waals surface area contributed by atoms with Gasteiger partial charge in [0.25, 0.3) is 0 Å². The van der Waals surface area contributed by atoms with Crippen molar-refractivity contribution in [2.24, 2.45) is 0 Å². The number of rotatable bonds is 22. The van der Waals surface area contributed by atoms with Gasteiger partial charge in [0.05, 0.1) is 13.2 Å². The summed E-state index contributed by atoms with van der Waals surface area (Å²) in [5.74, 6) is -0.737.